The molecule has 0 aliphatic carbocycles. The maximum Gasteiger partial charge on any atom is 0.305 e. The van der Waals surface area contributed by atoms with Crippen LogP contribution in [-0.2, 0) is 9.53 Å². The summed E-state index contributed by atoms with van der Waals surface area (Å²) < 4.78 is 5.41. The van der Waals surface area contributed by atoms with Crippen molar-refractivity contribution >= 4 is 5.97 Å². The number of unbranched alkanes of at least 4 members (excludes halogenated alkanes) is 24. The van der Waals surface area contributed by atoms with Gasteiger partial charge in [-0.15, -0.1) is 0 Å². The Morgan fingerprint density at radius 2 is 0.806 bits per heavy atom. The van der Waals surface area contributed by atoms with Crippen LogP contribution in [0.15, 0.2) is 12.2 Å². The van der Waals surface area contributed by atoms with Gasteiger partial charge in [-0.2, -0.15) is 0 Å². The molecule has 0 radical (unpaired) electrons. The summed E-state index contributed by atoms with van der Waals surface area (Å²) in [5.74, 6) is 0.0193. The van der Waals surface area contributed by atoms with Crippen molar-refractivity contribution in [3.8, 4) is 0 Å². The first-order valence-electron chi connectivity index (χ1n) is 16.6. The molecule has 0 fully saturated rings. The highest BCUT2D eigenvalue weighted by atomic mass is 16.5. The molecule has 0 bridgehead atoms. The Morgan fingerprint density at radius 3 is 1.28 bits per heavy atom. The molecule has 2 nitrogen and oxygen atoms in total. The van der Waals surface area contributed by atoms with Gasteiger partial charge in [0.25, 0.3) is 0 Å². The van der Waals surface area contributed by atoms with Crippen LogP contribution in [0.5, 0.6) is 0 Å². The van der Waals surface area contributed by atoms with Gasteiger partial charge in [-0.1, -0.05) is 167 Å². The van der Waals surface area contributed by atoms with Crippen molar-refractivity contribution in [2.24, 2.45) is 0 Å². The lowest BCUT2D eigenvalue weighted by Crippen LogP contribution is -2.05. The zero-order valence-corrected chi connectivity index (χ0v) is 25.0. The third kappa shape index (κ3) is 31.2. The van der Waals surface area contributed by atoms with Gasteiger partial charge in [0.15, 0.2) is 0 Å². The minimum atomic E-state index is 0.0193. The molecule has 0 atom stereocenters. The molecule has 0 spiro atoms. The van der Waals surface area contributed by atoms with Gasteiger partial charge in [-0.3, -0.25) is 4.79 Å². The summed E-state index contributed by atoms with van der Waals surface area (Å²) in [6.45, 7) is 5.16. The summed E-state index contributed by atoms with van der Waals surface area (Å²) in [5.41, 5.74) is 0. The first-order valence-corrected chi connectivity index (χ1v) is 16.6. The molecule has 2 heteroatoms. The van der Waals surface area contributed by atoms with E-state index < -0.39 is 0 Å². The lowest BCUT2D eigenvalue weighted by Gasteiger charge is -2.05. The fourth-order valence-corrected chi connectivity index (χ4v) is 4.88. The zero-order valence-electron chi connectivity index (χ0n) is 25.0. The standard InChI is InChI=1S/C34H66O2/c1-3-5-7-9-11-13-15-17-18-19-20-21-22-24-26-28-30-32-34(35)36-33-31-29-27-25-23-16-14-12-10-8-6-4-2/h10,12H,3-9,11,13-33H2,1-2H3/b12-10+. The molecule has 0 aromatic carbocycles. The molecule has 0 aliphatic heterocycles. The van der Waals surface area contributed by atoms with Gasteiger partial charge in [-0.25, -0.2) is 0 Å². The summed E-state index contributed by atoms with van der Waals surface area (Å²) in [7, 11) is 0. The lowest BCUT2D eigenvalue weighted by atomic mass is 10.0. The molecule has 0 N–H and O–H groups in total. The fraction of sp³-hybridized carbons (Fsp3) is 0.912. The van der Waals surface area contributed by atoms with Gasteiger partial charge in [-0.05, 0) is 32.1 Å². The molecule has 0 aliphatic rings. The van der Waals surface area contributed by atoms with Gasteiger partial charge in [0, 0.05) is 6.42 Å². The van der Waals surface area contributed by atoms with Crippen LogP contribution in [0, 0.1) is 0 Å². The number of hydrogen-bond acceptors (Lipinski definition) is 2. The molecular weight excluding hydrogens is 440 g/mol. The number of esters is 1. The molecule has 36 heavy (non-hydrogen) atoms. The van der Waals surface area contributed by atoms with E-state index in [4.69, 9.17) is 4.74 Å². The summed E-state index contributed by atoms with van der Waals surface area (Å²) in [5, 5.41) is 0. The van der Waals surface area contributed by atoms with E-state index in [9.17, 15) is 4.79 Å². The SMILES string of the molecule is CCCC/C=C/CCCCCCCCOC(=O)CCCCCCCCCCCCCCCCCCC. The largest absolute Gasteiger partial charge is 0.466 e. The topological polar surface area (TPSA) is 26.3 Å². The molecular formula is C34H66O2. The molecule has 0 saturated heterocycles. The summed E-state index contributed by atoms with van der Waals surface area (Å²) in [6.07, 6.45) is 41.2. The average molecular weight is 507 g/mol. The van der Waals surface area contributed by atoms with E-state index in [0.717, 1.165) is 12.8 Å². The maximum atomic E-state index is 11.9. The highest BCUT2D eigenvalue weighted by Gasteiger charge is 2.02. The Labute approximate surface area is 227 Å². The highest BCUT2D eigenvalue weighted by molar-refractivity contribution is 5.69. The smallest absolute Gasteiger partial charge is 0.305 e. The zero-order chi connectivity index (χ0) is 26.2. The van der Waals surface area contributed by atoms with Crippen LogP contribution in [0.2, 0.25) is 0 Å². The molecule has 0 aromatic rings. The van der Waals surface area contributed by atoms with Gasteiger partial charge in [0.1, 0.15) is 0 Å². The monoisotopic (exact) mass is 507 g/mol. The van der Waals surface area contributed by atoms with E-state index in [-0.39, 0.29) is 5.97 Å². The number of hydrogen-bond donors (Lipinski definition) is 0. The molecule has 214 valence electrons. The molecule has 0 aromatic heterocycles. The summed E-state index contributed by atoms with van der Waals surface area (Å²) >= 11 is 0. The van der Waals surface area contributed by atoms with Crippen molar-refractivity contribution < 1.29 is 9.53 Å². The Bertz CT molecular complexity index is 442. The summed E-state index contributed by atoms with van der Waals surface area (Å²) in [6, 6.07) is 0. The molecule has 0 unspecified atom stereocenters. The van der Waals surface area contributed by atoms with E-state index >= 15 is 0 Å². The minimum Gasteiger partial charge on any atom is -0.466 e. The first-order chi connectivity index (χ1) is 17.8. The number of carbonyl (C=O) groups excluding carboxylic acids is 1. The van der Waals surface area contributed by atoms with Crippen molar-refractivity contribution in [1.29, 1.82) is 0 Å². The van der Waals surface area contributed by atoms with E-state index in [1.165, 1.54) is 161 Å². The highest BCUT2D eigenvalue weighted by Crippen LogP contribution is 2.14. The normalized spacial score (nSPS) is 11.5. The van der Waals surface area contributed by atoms with Gasteiger partial charge in [0.2, 0.25) is 0 Å². The average Bonchev–Trinajstić information content (AvgIpc) is 2.88. The Hall–Kier alpha value is -0.790. The van der Waals surface area contributed by atoms with Crippen LogP contribution in [0.25, 0.3) is 0 Å². The molecule has 0 amide bonds. The number of rotatable bonds is 30. The second-order valence-electron chi connectivity index (χ2n) is 11.2. The number of ether oxygens (including phenoxy) is 1. The van der Waals surface area contributed by atoms with Crippen molar-refractivity contribution in [2.45, 2.75) is 194 Å². The van der Waals surface area contributed by atoms with Crippen LogP contribution in [0.4, 0.5) is 0 Å². The third-order valence-electron chi connectivity index (χ3n) is 7.40. The van der Waals surface area contributed by atoms with Crippen molar-refractivity contribution in [2.75, 3.05) is 6.61 Å². The minimum absolute atomic E-state index is 0.0193. The van der Waals surface area contributed by atoms with Gasteiger partial charge < -0.3 is 4.74 Å². The maximum absolute atomic E-state index is 11.9. The lowest BCUT2D eigenvalue weighted by molar-refractivity contribution is -0.143. The predicted molar refractivity (Wildman–Crippen MR) is 161 cm³/mol. The fourth-order valence-electron chi connectivity index (χ4n) is 4.88. The van der Waals surface area contributed by atoms with E-state index in [2.05, 4.69) is 26.0 Å². The Balaban J connectivity index is 3.16. The second kappa shape index (κ2) is 32.2. The predicted octanol–water partition coefficient (Wildman–Crippen LogP) is 12.0. The first kappa shape index (κ1) is 35.2. The van der Waals surface area contributed by atoms with Crippen LogP contribution in [-0.4, -0.2) is 12.6 Å². The molecule has 0 rings (SSSR count). The van der Waals surface area contributed by atoms with Crippen LogP contribution >= 0.6 is 0 Å². The summed E-state index contributed by atoms with van der Waals surface area (Å²) in [4.78, 5) is 11.9. The van der Waals surface area contributed by atoms with E-state index in [1.807, 2.05) is 0 Å². The quantitative estimate of drug-likeness (QED) is 0.0550. The number of carbonyl (C=O) groups is 1. The van der Waals surface area contributed by atoms with Crippen LogP contribution in [0.3, 0.4) is 0 Å². The number of allylic oxidation sites excluding steroid dienone is 2. The van der Waals surface area contributed by atoms with E-state index in [0.29, 0.717) is 13.0 Å². The van der Waals surface area contributed by atoms with Crippen LogP contribution < -0.4 is 0 Å². The van der Waals surface area contributed by atoms with Gasteiger partial charge in [0.05, 0.1) is 6.61 Å². The Kier molecular flexibility index (Phi) is 31.5. The van der Waals surface area contributed by atoms with E-state index in [1.54, 1.807) is 0 Å². The Morgan fingerprint density at radius 1 is 0.444 bits per heavy atom. The third-order valence-corrected chi connectivity index (χ3v) is 7.40. The molecule has 0 heterocycles. The van der Waals surface area contributed by atoms with Crippen LogP contribution in [0.1, 0.15) is 194 Å². The second-order valence-corrected chi connectivity index (χ2v) is 11.2. The van der Waals surface area contributed by atoms with Crippen molar-refractivity contribution in [3.63, 3.8) is 0 Å². The molecule has 0 saturated carbocycles. The van der Waals surface area contributed by atoms with Gasteiger partial charge >= 0.3 is 5.97 Å². The van der Waals surface area contributed by atoms with Crippen molar-refractivity contribution in [3.05, 3.63) is 12.2 Å². The van der Waals surface area contributed by atoms with Crippen molar-refractivity contribution in [1.82, 2.24) is 0 Å².